The van der Waals surface area contributed by atoms with E-state index in [1.165, 1.54) is 0 Å². The quantitative estimate of drug-likeness (QED) is 0.393. The van der Waals surface area contributed by atoms with Crippen LogP contribution in [0, 0.1) is 0 Å². The van der Waals surface area contributed by atoms with Crippen LogP contribution in [0.3, 0.4) is 0 Å². The topological polar surface area (TPSA) is 0 Å². The maximum atomic E-state index is 0. The summed E-state index contributed by atoms with van der Waals surface area (Å²) in [4.78, 5) is 0. The molecular formula is H8AlMoSiSnZr. The number of hydrogen-bond acceptors (Lipinski definition) is 0. The van der Waals surface area contributed by atoms with Gasteiger partial charge in [-0.15, -0.1) is 0 Å². The molecule has 0 atom stereocenters. The zero-order valence-corrected chi connectivity index (χ0v) is 13.1. The second-order valence-corrected chi connectivity index (χ2v) is 0. The third-order valence-electron chi connectivity index (χ3n) is 0. The monoisotopic (exact) mass is 371 g/mol. The van der Waals surface area contributed by atoms with Crippen LogP contribution in [0.5, 0.6) is 0 Å². The van der Waals surface area contributed by atoms with Gasteiger partial charge in [-0.3, -0.25) is 0 Å². The summed E-state index contributed by atoms with van der Waals surface area (Å²) in [6.07, 6.45) is 0. The van der Waals surface area contributed by atoms with Gasteiger partial charge in [-0.25, -0.2) is 0 Å². The van der Waals surface area contributed by atoms with Crippen LogP contribution in [-0.2, 0) is 47.3 Å². The maximum absolute atomic E-state index is 0. The van der Waals surface area contributed by atoms with Crippen LogP contribution in [0.25, 0.3) is 0 Å². The minimum atomic E-state index is 0. The van der Waals surface area contributed by atoms with Crippen molar-refractivity contribution in [1.82, 2.24) is 0 Å². The van der Waals surface area contributed by atoms with Gasteiger partial charge in [-0.05, 0) is 11.0 Å². The van der Waals surface area contributed by atoms with E-state index < -0.39 is 0 Å². The molecule has 0 aliphatic rings. The fourth-order valence-electron chi connectivity index (χ4n) is 0. The van der Waals surface area contributed by atoms with Crippen LogP contribution < -0.4 is 0 Å². The van der Waals surface area contributed by atoms with E-state index in [2.05, 4.69) is 0 Å². The van der Waals surface area contributed by atoms with Crippen molar-refractivity contribution in [2.24, 2.45) is 0 Å². The normalized spacial score (nSPS) is 0. The van der Waals surface area contributed by atoms with Crippen LogP contribution in [-0.4, -0.2) is 52.2 Å². The molecule has 0 heterocycles. The number of hydrogen-bond donors (Lipinski definition) is 0. The Labute approximate surface area is 97.7 Å². The number of rotatable bonds is 0. The van der Waals surface area contributed by atoms with Crippen molar-refractivity contribution in [3.63, 3.8) is 0 Å². The Kier molecular flexibility index (Phi) is 232. The van der Waals surface area contributed by atoms with Crippen molar-refractivity contribution < 1.29 is 47.3 Å². The zero-order valence-electron chi connectivity index (χ0n) is 2.62. The van der Waals surface area contributed by atoms with Crippen molar-refractivity contribution in [2.45, 2.75) is 0 Å². The van der Waals surface area contributed by atoms with Crippen LogP contribution in [0.1, 0.15) is 0 Å². The average Bonchev–Trinajstić information content (AvgIpc) is 0. The van der Waals surface area contributed by atoms with E-state index in [0.29, 0.717) is 0 Å². The molecule has 0 fully saturated rings. The second kappa shape index (κ2) is 27.4. The molecule has 5 heavy (non-hydrogen) atoms. The standard InChI is InChI=1S/Al.Mo.H3Si.Sn.Zr.5H/h;;1H3;;;;;;;. The van der Waals surface area contributed by atoms with Gasteiger partial charge >= 0.3 is 23.9 Å². The van der Waals surface area contributed by atoms with Crippen molar-refractivity contribution in [3.8, 4) is 0 Å². The Hall–Kier alpha value is 3.12. The minimum absolute atomic E-state index is 0. The first kappa shape index (κ1) is 42.3. The molecule has 3 radical (unpaired) electrons. The van der Waals surface area contributed by atoms with E-state index >= 15 is 0 Å². The molecule has 0 aliphatic heterocycles. The van der Waals surface area contributed by atoms with E-state index in [9.17, 15) is 0 Å². The van der Waals surface area contributed by atoms with Crippen LogP contribution in [0.4, 0.5) is 0 Å². The van der Waals surface area contributed by atoms with Crippen molar-refractivity contribution in [3.05, 3.63) is 0 Å². The molecule has 0 aromatic rings. The summed E-state index contributed by atoms with van der Waals surface area (Å²) in [6.45, 7) is 0. The Bertz CT molecular complexity index is 11.6. The van der Waals surface area contributed by atoms with E-state index in [0.717, 1.165) is 0 Å². The largest absolute Gasteiger partial charge is 0 e. The molecule has 0 spiro atoms. The Balaban J connectivity index is 0. The van der Waals surface area contributed by atoms with E-state index in [1.807, 2.05) is 0 Å². The summed E-state index contributed by atoms with van der Waals surface area (Å²) in [7, 11) is 0. The van der Waals surface area contributed by atoms with Gasteiger partial charge in [0.2, 0.25) is 0 Å². The predicted octanol–water partition coefficient (Wildman–Crippen LogP) is -3.29. The maximum Gasteiger partial charge on any atom is 0 e. The van der Waals surface area contributed by atoms with Crippen molar-refractivity contribution in [2.75, 3.05) is 0 Å². The molecule has 5 heteroatoms. The molecule has 0 nitrogen and oxygen atoms in total. The fourth-order valence-corrected chi connectivity index (χ4v) is 0. The first-order valence-electron chi connectivity index (χ1n) is 0. The zero-order chi connectivity index (χ0) is 0. The van der Waals surface area contributed by atoms with Gasteiger partial charge < -0.3 is 0 Å². The van der Waals surface area contributed by atoms with Gasteiger partial charge in [-0.1, -0.05) is 0 Å². The van der Waals surface area contributed by atoms with Gasteiger partial charge in [0.15, 0.2) is 17.4 Å². The Morgan fingerprint density at radius 1 is 1.00 bits per heavy atom. The van der Waals surface area contributed by atoms with Gasteiger partial charge in [0, 0.05) is 47.3 Å². The molecule has 0 unspecified atom stereocenters. The third-order valence-corrected chi connectivity index (χ3v) is 0. The minimum Gasteiger partial charge on any atom is 0 e. The molecule has 0 aliphatic carbocycles. The Morgan fingerprint density at radius 2 is 1.00 bits per heavy atom. The summed E-state index contributed by atoms with van der Waals surface area (Å²) >= 11 is 0. The summed E-state index contributed by atoms with van der Waals surface area (Å²) in [5.74, 6) is 0. The smallest absolute Gasteiger partial charge is 0 e. The molecule has 0 aromatic heterocycles. The molecule has 0 N–H and O–H groups in total. The molecule has 29 valence electrons. The van der Waals surface area contributed by atoms with Gasteiger partial charge in [0.1, 0.15) is 0 Å². The molecule has 0 saturated heterocycles. The van der Waals surface area contributed by atoms with E-state index in [1.54, 1.807) is 0 Å². The molecule has 0 amide bonds. The molecule has 0 bridgehead atoms. The van der Waals surface area contributed by atoms with E-state index in [-0.39, 0.29) is 99.5 Å². The van der Waals surface area contributed by atoms with Crippen LogP contribution >= 0.6 is 0 Å². The summed E-state index contributed by atoms with van der Waals surface area (Å²) in [6, 6.07) is 0. The molecule has 0 aromatic carbocycles. The van der Waals surface area contributed by atoms with Crippen molar-refractivity contribution in [1.29, 1.82) is 0 Å². The molecule has 0 saturated carbocycles. The van der Waals surface area contributed by atoms with E-state index in [4.69, 9.17) is 0 Å². The summed E-state index contributed by atoms with van der Waals surface area (Å²) in [5, 5.41) is 0. The predicted molar refractivity (Wildman–Crippen MR) is 28.4 cm³/mol. The van der Waals surface area contributed by atoms with Crippen LogP contribution in [0.2, 0.25) is 0 Å². The van der Waals surface area contributed by atoms with Gasteiger partial charge in [-0.2, -0.15) is 0 Å². The molecule has 0 rings (SSSR count). The SMILES string of the molecule is [AlH3].[Mo].[SiH3].[SnH2].[Zr]. The summed E-state index contributed by atoms with van der Waals surface area (Å²) in [5.41, 5.74) is 0. The third kappa shape index (κ3) is 19.2. The average molecular weight is 369 g/mol. The second-order valence-electron chi connectivity index (χ2n) is 0. The first-order valence-corrected chi connectivity index (χ1v) is 0. The molecular weight excluding hydrogens is 361 g/mol. The van der Waals surface area contributed by atoms with Crippen LogP contribution in [0.15, 0.2) is 0 Å². The van der Waals surface area contributed by atoms with Crippen molar-refractivity contribution >= 4 is 52.2 Å². The first-order chi connectivity index (χ1) is 0. The van der Waals surface area contributed by atoms with Gasteiger partial charge in [0.25, 0.3) is 0 Å². The summed E-state index contributed by atoms with van der Waals surface area (Å²) < 4.78 is 0. The Morgan fingerprint density at radius 3 is 1.00 bits per heavy atom. The fraction of sp³-hybridized carbons (Fsp3) is 0. The van der Waals surface area contributed by atoms with Gasteiger partial charge in [0.05, 0.1) is 0 Å².